The van der Waals surface area contributed by atoms with Gasteiger partial charge in [0, 0.05) is 5.56 Å². The Kier molecular flexibility index (Phi) is 3.42. The fourth-order valence-corrected chi connectivity index (χ4v) is 1.45. The van der Waals surface area contributed by atoms with Gasteiger partial charge >= 0.3 is 0 Å². The van der Waals surface area contributed by atoms with Gasteiger partial charge in [0.25, 0.3) is 5.56 Å². The van der Waals surface area contributed by atoms with E-state index in [1.165, 1.54) is 19.2 Å². The molecule has 0 aliphatic heterocycles. The van der Waals surface area contributed by atoms with E-state index in [2.05, 4.69) is 15.3 Å². The highest BCUT2D eigenvalue weighted by molar-refractivity contribution is 7.71. The third kappa shape index (κ3) is 2.40. The van der Waals surface area contributed by atoms with Gasteiger partial charge in [-0.05, 0) is 25.2 Å². The Morgan fingerprint density at radius 2 is 2.22 bits per heavy atom. The second-order valence-electron chi connectivity index (χ2n) is 3.50. The molecule has 0 amide bonds. The lowest BCUT2D eigenvalue weighted by Crippen LogP contribution is -2.22. The summed E-state index contributed by atoms with van der Waals surface area (Å²) in [7, 11) is 0. The number of hydrogen-bond acceptors (Lipinski definition) is 4. The smallest absolute Gasteiger partial charge is 0.265 e. The zero-order chi connectivity index (χ0) is 13.1. The van der Waals surface area contributed by atoms with E-state index >= 15 is 0 Å². The second kappa shape index (κ2) is 5.01. The van der Waals surface area contributed by atoms with Crippen LogP contribution < -0.4 is 5.56 Å². The predicted molar refractivity (Wildman–Crippen MR) is 67.8 cm³/mol. The molecule has 0 spiro atoms. The summed E-state index contributed by atoms with van der Waals surface area (Å²) in [6.07, 6.45) is 1.24. The number of nitrogens with zero attached hydrogens (tertiary/aromatic N) is 3. The van der Waals surface area contributed by atoms with Crippen molar-refractivity contribution < 1.29 is 4.39 Å². The van der Waals surface area contributed by atoms with E-state index in [1.54, 1.807) is 18.2 Å². The molecule has 0 fully saturated rings. The summed E-state index contributed by atoms with van der Waals surface area (Å²) in [5.41, 5.74) is 0.0638. The van der Waals surface area contributed by atoms with Crippen molar-refractivity contribution in [3.8, 4) is 0 Å². The molecule has 7 heteroatoms. The Labute approximate surface area is 107 Å². The molecule has 0 bridgehead atoms. The molecular weight excluding hydrogens is 255 g/mol. The number of hydrogen-bond donors (Lipinski definition) is 1. The first-order valence-corrected chi connectivity index (χ1v) is 5.47. The zero-order valence-electron chi connectivity index (χ0n) is 9.42. The van der Waals surface area contributed by atoms with Gasteiger partial charge in [0.1, 0.15) is 11.5 Å². The van der Waals surface area contributed by atoms with Crippen LogP contribution in [-0.2, 0) is 0 Å². The number of nitrogens with one attached hydrogen (secondary N) is 1. The SMILES string of the molecule is Cc1n[nH]c(=S)n(/N=C\c2ccccc2F)c1=O. The first-order valence-electron chi connectivity index (χ1n) is 5.07. The van der Waals surface area contributed by atoms with Crippen molar-refractivity contribution in [3.63, 3.8) is 0 Å². The van der Waals surface area contributed by atoms with Crippen LogP contribution in [0.3, 0.4) is 0 Å². The molecule has 5 nitrogen and oxygen atoms in total. The van der Waals surface area contributed by atoms with Crippen LogP contribution in [-0.4, -0.2) is 21.1 Å². The fourth-order valence-electron chi connectivity index (χ4n) is 1.28. The van der Waals surface area contributed by atoms with Gasteiger partial charge in [0.05, 0.1) is 6.21 Å². The Bertz CT molecular complexity index is 719. The van der Waals surface area contributed by atoms with Crippen LogP contribution in [0.5, 0.6) is 0 Å². The number of aryl methyl sites for hydroxylation is 1. The Balaban J connectivity index is 2.48. The van der Waals surface area contributed by atoms with Crippen molar-refractivity contribution in [2.24, 2.45) is 5.10 Å². The van der Waals surface area contributed by atoms with Crippen molar-refractivity contribution in [1.82, 2.24) is 14.9 Å². The van der Waals surface area contributed by atoms with Crippen molar-refractivity contribution in [2.75, 3.05) is 0 Å². The van der Waals surface area contributed by atoms with Crippen molar-refractivity contribution in [3.05, 3.63) is 56.5 Å². The third-order valence-electron chi connectivity index (χ3n) is 2.23. The molecule has 2 aromatic rings. The second-order valence-corrected chi connectivity index (χ2v) is 3.88. The summed E-state index contributed by atoms with van der Waals surface area (Å²) < 4.78 is 14.4. The van der Waals surface area contributed by atoms with Gasteiger partial charge in [0.2, 0.25) is 4.77 Å². The molecule has 1 aromatic carbocycles. The number of rotatable bonds is 2. The standard InChI is InChI=1S/C11H9FN4OS/c1-7-10(17)16(11(18)15-14-7)13-6-8-4-2-3-5-9(8)12/h2-6H,1H3,(H,15,18)/b13-6-. The number of benzene rings is 1. The van der Waals surface area contributed by atoms with Gasteiger partial charge in [0.15, 0.2) is 0 Å². The van der Waals surface area contributed by atoms with Gasteiger partial charge in [-0.3, -0.25) is 9.89 Å². The first kappa shape index (κ1) is 12.3. The molecule has 0 aliphatic rings. The number of halogens is 1. The minimum absolute atomic E-state index is 0.0539. The minimum Gasteiger partial charge on any atom is -0.265 e. The Morgan fingerprint density at radius 3 is 2.94 bits per heavy atom. The third-order valence-corrected chi connectivity index (χ3v) is 2.50. The van der Waals surface area contributed by atoms with Crippen LogP contribution in [0, 0.1) is 17.5 Å². The van der Waals surface area contributed by atoms with Gasteiger partial charge in [-0.2, -0.15) is 14.9 Å². The first-order chi connectivity index (χ1) is 8.59. The molecule has 1 aromatic heterocycles. The highest BCUT2D eigenvalue weighted by Gasteiger charge is 2.01. The van der Waals surface area contributed by atoms with Crippen LogP contribution in [0.4, 0.5) is 4.39 Å². The van der Waals surface area contributed by atoms with E-state index in [-0.39, 0.29) is 16.0 Å². The molecule has 1 N–H and O–H groups in total. The van der Waals surface area contributed by atoms with E-state index in [0.717, 1.165) is 4.68 Å². The van der Waals surface area contributed by atoms with E-state index < -0.39 is 11.4 Å². The van der Waals surface area contributed by atoms with Crippen LogP contribution in [0.1, 0.15) is 11.3 Å². The van der Waals surface area contributed by atoms with Crippen molar-refractivity contribution in [2.45, 2.75) is 6.92 Å². The van der Waals surface area contributed by atoms with E-state index in [1.807, 2.05) is 0 Å². The predicted octanol–water partition coefficient (Wildman–Crippen LogP) is 1.63. The summed E-state index contributed by atoms with van der Waals surface area (Å²) in [5.74, 6) is -0.421. The average molecular weight is 264 g/mol. The number of aromatic amines is 1. The maximum Gasteiger partial charge on any atom is 0.296 e. The summed E-state index contributed by atoms with van der Waals surface area (Å²) in [6.45, 7) is 1.53. The van der Waals surface area contributed by atoms with Crippen LogP contribution >= 0.6 is 12.2 Å². The molecule has 18 heavy (non-hydrogen) atoms. The molecule has 0 radical (unpaired) electrons. The quantitative estimate of drug-likeness (QED) is 0.662. The molecule has 92 valence electrons. The highest BCUT2D eigenvalue weighted by Crippen LogP contribution is 2.02. The number of aromatic nitrogens is 3. The maximum absolute atomic E-state index is 13.3. The lowest BCUT2D eigenvalue weighted by Gasteiger charge is -1.99. The van der Waals surface area contributed by atoms with E-state index in [9.17, 15) is 9.18 Å². The van der Waals surface area contributed by atoms with Crippen LogP contribution in [0.2, 0.25) is 0 Å². The topological polar surface area (TPSA) is 63.0 Å². The fraction of sp³-hybridized carbons (Fsp3) is 0.0909. The largest absolute Gasteiger partial charge is 0.296 e. The van der Waals surface area contributed by atoms with Gasteiger partial charge in [-0.1, -0.05) is 18.2 Å². The molecule has 0 atom stereocenters. The maximum atomic E-state index is 13.3. The average Bonchev–Trinajstić information content (AvgIpc) is 2.36. The summed E-state index contributed by atoms with van der Waals surface area (Å²) in [4.78, 5) is 11.7. The zero-order valence-corrected chi connectivity index (χ0v) is 10.2. The minimum atomic E-state index is -0.439. The summed E-state index contributed by atoms with van der Waals surface area (Å²) >= 11 is 4.88. The molecule has 0 unspecified atom stereocenters. The van der Waals surface area contributed by atoms with E-state index in [0.29, 0.717) is 0 Å². The molecular formula is C11H9FN4OS. The van der Waals surface area contributed by atoms with Crippen molar-refractivity contribution >= 4 is 18.4 Å². The molecule has 0 saturated carbocycles. The van der Waals surface area contributed by atoms with E-state index in [4.69, 9.17) is 12.2 Å². The molecule has 2 rings (SSSR count). The lowest BCUT2D eigenvalue weighted by molar-refractivity contribution is 0.625. The Morgan fingerprint density at radius 1 is 1.50 bits per heavy atom. The van der Waals surface area contributed by atoms with Crippen LogP contribution in [0.15, 0.2) is 34.2 Å². The normalized spacial score (nSPS) is 11.0. The molecule has 0 saturated heterocycles. The monoisotopic (exact) mass is 264 g/mol. The Hall–Kier alpha value is -2.15. The van der Waals surface area contributed by atoms with Crippen molar-refractivity contribution in [1.29, 1.82) is 0 Å². The van der Waals surface area contributed by atoms with Crippen LogP contribution in [0.25, 0.3) is 0 Å². The molecule has 0 aliphatic carbocycles. The van der Waals surface area contributed by atoms with Gasteiger partial charge in [-0.15, -0.1) is 0 Å². The summed E-state index contributed by atoms with van der Waals surface area (Å²) in [6, 6.07) is 6.10. The lowest BCUT2D eigenvalue weighted by atomic mass is 10.2. The molecule has 1 heterocycles. The highest BCUT2D eigenvalue weighted by atomic mass is 32.1. The van der Waals surface area contributed by atoms with Gasteiger partial charge < -0.3 is 0 Å². The summed E-state index contributed by atoms with van der Waals surface area (Å²) in [5, 5.41) is 10.0. The van der Waals surface area contributed by atoms with Gasteiger partial charge in [-0.25, -0.2) is 4.39 Å². The number of H-pyrrole nitrogens is 1.